The Labute approximate surface area is 219 Å². The molecule has 5 atom stereocenters. The summed E-state index contributed by atoms with van der Waals surface area (Å²) in [6.45, 7) is 3.18. The number of piperazine rings is 1. The van der Waals surface area contributed by atoms with Gasteiger partial charge >= 0.3 is 0 Å². The third-order valence-corrected chi connectivity index (χ3v) is 9.50. The van der Waals surface area contributed by atoms with Crippen molar-refractivity contribution in [3.05, 3.63) is 89.5 Å². The lowest BCUT2D eigenvalue weighted by Gasteiger charge is -2.44. The minimum Gasteiger partial charge on any atom is -0.497 e. The molecule has 190 valence electrons. The molecule has 1 amide bonds. The minimum atomic E-state index is 0.169. The summed E-state index contributed by atoms with van der Waals surface area (Å²) < 4.78 is 5.29. The van der Waals surface area contributed by atoms with E-state index in [1.54, 1.807) is 7.11 Å². The lowest BCUT2D eigenvalue weighted by Crippen LogP contribution is -2.48. The summed E-state index contributed by atoms with van der Waals surface area (Å²) in [4.78, 5) is 18.0. The van der Waals surface area contributed by atoms with Gasteiger partial charge < -0.3 is 19.9 Å². The van der Waals surface area contributed by atoms with E-state index in [0.717, 1.165) is 49.3 Å². The van der Waals surface area contributed by atoms with Gasteiger partial charge in [0, 0.05) is 43.1 Å². The predicted molar refractivity (Wildman–Crippen MR) is 147 cm³/mol. The molecule has 2 bridgehead atoms. The normalized spacial score (nSPS) is 27.9. The standard InChI is InChI=1S/C32H35N3O2/c1-37-26-12-10-25(11-13-26)34-15-17-35(18-16-34)32(36)24-9-14-28-27(20-24)29-22-7-8-23(19-22)30(29)31(33-28)21-5-3-2-4-6-21/h2-6,9-14,20,22-23,29-31,33H,7-8,15-19H2,1H3/t22-,23+,29-,30+,31+/m1/s1. The van der Waals surface area contributed by atoms with Crippen molar-refractivity contribution < 1.29 is 9.53 Å². The number of carbonyl (C=O) groups excluding carboxylic acids is 1. The molecule has 2 heterocycles. The average Bonchev–Trinajstić information content (AvgIpc) is 3.60. The molecule has 1 N–H and O–H groups in total. The number of hydrogen-bond acceptors (Lipinski definition) is 4. The van der Waals surface area contributed by atoms with E-state index in [1.807, 2.05) is 23.1 Å². The first-order valence-electron chi connectivity index (χ1n) is 13.8. The highest BCUT2D eigenvalue weighted by Gasteiger charge is 2.53. The van der Waals surface area contributed by atoms with Gasteiger partial charge in [-0.25, -0.2) is 0 Å². The summed E-state index contributed by atoms with van der Waals surface area (Å²) in [6.07, 6.45) is 4.02. The van der Waals surface area contributed by atoms with Gasteiger partial charge in [0.15, 0.2) is 0 Å². The Hall–Kier alpha value is -3.47. The fraction of sp³-hybridized carbons (Fsp3) is 0.406. The van der Waals surface area contributed by atoms with E-state index in [-0.39, 0.29) is 5.91 Å². The molecule has 7 rings (SSSR count). The van der Waals surface area contributed by atoms with E-state index in [4.69, 9.17) is 4.74 Å². The lowest BCUT2D eigenvalue weighted by molar-refractivity contribution is 0.0746. The van der Waals surface area contributed by atoms with Crippen molar-refractivity contribution in [1.82, 2.24) is 4.90 Å². The third-order valence-electron chi connectivity index (χ3n) is 9.50. The highest BCUT2D eigenvalue weighted by atomic mass is 16.5. The van der Waals surface area contributed by atoms with Crippen molar-refractivity contribution >= 4 is 17.3 Å². The summed E-state index contributed by atoms with van der Waals surface area (Å²) >= 11 is 0. The second-order valence-electron chi connectivity index (χ2n) is 11.2. The van der Waals surface area contributed by atoms with Crippen LogP contribution in [0.4, 0.5) is 11.4 Å². The zero-order valence-electron chi connectivity index (χ0n) is 21.5. The molecule has 0 radical (unpaired) electrons. The van der Waals surface area contributed by atoms with Gasteiger partial charge in [0.25, 0.3) is 5.91 Å². The summed E-state index contributed by atoms with van der Waals surface area (Å²) in [6, 6.07) is 26.0. The van der Waals surface area contributed by atoms with E-state index in [0.29, 0.717) is 17.9 Å². The average molecular weight is 494 g/mol. The van der Waals surface area contributed by atoms with Crippen LogP contribution in [0.1, 0.15) is 52.7 Å². The molecule has 2 aliphatic heterocycles. The Bertz CT molecular complexity index is 1280. The fourth-order valence-corrected chi connectivity index (χ4v) is 7.75. The van der Waals surface area contributed by atoms with Crippen LogP contribution in [-0.4, -0.2) is 44.1 Å². The second kappa shape index (κ2) is 9.13. The second-order valence-corrected chi connectivity index (χ2v) is 11.2. The molecule has 5 heteroatoms. The first kappa shape index (κ1) is 22.7. The van der Waals surface area contributed by atoms with Crippen LogP contribution in [-0.2, 0) is 0 Å². The van der Waals surface area contributed by atoms with E-state index in [9.17, 15) is 4.79 Å². The molecule has 1 saturated heterocycles. The maximum absolute atomic E-state index is 13.6. The Morgan fingerprint density at radius 2 is 1.65 bits per heavy atom. The SMILES string of the molecule is COc1ccc(N2CCN(C(=O)c3ccc4c(c3)[C@H]3[C@@H]5CC[C@@H](C5)[C@@H]3[C@H](c3ccccc3)N4)CC2)cc1. The largest absolute Gasteiger partial charge is 0.497 e. The molecule has 0 unspecified atom stereocenters. The molecule has 37 heavy (non-hydrogen) atoms. The minimum absolute atomic E-state index is 0.169. The number of nitrogens with zero attached hydrogens (tertiary/aromatic N) is 2. The molecule has 4 aliphatic rings. The van der Waals surface area contributed by atoms with Crippen LogP contribution in [0.15, 0.2) is 72.8 Å². The molecular formula is C32H35N3O2. The number of fused-ring (bicyclic) bond motifs is 7. The highest BCUT2D eigenvalue weighted by Crippen LogP contribution is 2.63. The molecule has 2 saturated carbocycles. The van der Waals surface area contributed by atoms with Crippen LogP contribution < -0.4 is 15.0 Å². The maximum atomic E-state index is 13.6. The number of amides is 1. The Morgan fingerprint density at radius 1 is 0.892 bits per heavy atom. The molecule has 5 nitrogen and oxygen atoms in total. The molecular weight excluding hydrogens is 458 g/mol. The number of nitrogens with one attached hydrogen (secondary N) is 1. The van der Waals surface area contributed by atoms with Crippen LogP contribution in [0, 0.1) is 17.8 Å². The van der Waals surface area contributed by atoms with Gasteiger partial charge in [-0.3, -0.25) is 4.79 Å². The predicted octanol–water partition coefficient (Wildman–Crippen LogP) is 5.95. The van der Waals surface area contributed by atoms with Crippen molar-refractivity contribution in [2.45, 2.75) is 31.2 Å². The number of rotatable bonds is 4. The molecule has 3 aromatic rings. The fourth-order valence-electron chi connectivity index (χ4n) is 7.75. The first-order valence-corrected chi connectivity index (χ1v) is 13.8. The first-order chi connectivity index (χ1) is 18.2. The number of ether oxygens (including phenoxy) is 1. The summed E-state index contributed by atoms with van der Waals surface area (Å²) in [5.41, 5.74) is 6.03. The van der Waals surface area contributed by atoms with E-state index >= 15 is 0 Å². The third kappa shape index (κ3) is 3.87. The summed E-state index contributed by atoms with van der Waals surface area (Å²) in [5, 5.41) is 3.91. The Morgan fingerprint density at radius 3 is 2.41 bits per heavy atom. The van der Waals surface area contributed by atoms with Gasteiger partial charge in [0.2, 0.25) is 0 Å². The van der Waals surface area contributed by atoms with E-state index in [2.05, 4.69) is 64.8 Å². The molecule has 0 aromatic heterocycles. The van der Waals surface area contributed by atoms with Crippen molar-refractivity contribution in [3.8, 4) is 5.75 Å². The van der Waals surface area contributed by atoms with Gasteiger partial charge in [0.05, 0.1) is 13.2 Å². The number of benzene rings is 3. The molecule has 2 aliphatic carbocycles. The van der Waals surface area contributed by atoms with Crippen molar-refractivity contribution in [1.29, 1.82) is 0 Å². The van der Waals surface area contributed by atoms with Crippen LogP contribution >= 0.6 is 0 Å². The Balaban J connectivity index is 1.11. The zero-order chi connectivity index (χ0) is 24.9. The van der Waals surface area contributed by atoms with Gasteiger partial charge in [-0.15, -0.1) is 0 Å². The van der Waals surface area contributed by atoms with Crippen LogP contribution in [0.3, 0.4) is 0 Å². The van der Waals surface area contributed by atoms with Crippen LogP contribution in [0.5, 0.6) is 5.75 Å². The Kier molecular flexibility index (Phi) is 5.60. The molecule has 3 aromatic carbocycles. The maximum Gasteiger partial charge on any atom is 0.253 e. The van der Waals surface area contributed by atoms with Gasteiger partial charge in [-0.05, 0) is 96.5 Å². The van der Waals surface area contributed by atoms with E-state index < -0.39 is 0 Å². The monoisotopic (exact) mass is 493 g/mol. The van der Waals surface area contributed by atoms with E-state index in [1.165, 1.54) is 41.8 Å². The van der Waals surface area contributed by atoms with Gasteiger partial charge in [-0.2, -0.15) is 0 Å². The van der Waals surface area contributed by atoms with Crippen LogP contribution in [0.25, 0.3) is 0 Å². The number of anilines is 2. The smallest absolute Gasteiger partial charge is 0.253 e. The van der Waals surface area contributed by atoms with Crippen molar-refractivity contribution in [2.75, 3.05) is 43.5 Å². The number of methoxy groups -OCH3 is 1. The number of carbonyl (C=O) groups is 1. The summed E-state index contributed by atoms with van der Waals surface area (Å²) in [5.74, 6) is 3.74. The quantitative estimate of drug-likeness (QED) is 0.488. The van der Waals surface area contributed by atoms with Gasteiger partial charge in [0.1, 0.15) is 5.75 Å². The molecule has 3 fully saturated rings. The summed E-state index contributed by atoms with van der Waals surface area (Å²) in [7, 11) is 1.69. The van der Waals surface area contributed by atoms with Gasteiger partial charge in [-0.1, -0.05) is 30.3 Å². The lowest BCUT2D eigenvalue weighted by atomic mass is 9.68. The zero-order valence-corrected chi connectivity index (χ0v) is 21.5. The molecule has 0 spiro atoms. The van der Waals surface area contributed by atoms with Crippen molar-refractivity contribution in [2.24, 2.45) is 17.8 Å². The topological polar surface area (TPSA) is 44.8 Å². The van der Waals surface area contributed by atoms with Crippen molar-refractivity contribution in [3.63, 3.8) is 0 Å². The number of hydrogen-bond donors (Lipinski definition) is 1. The van der Waals surface area contributed by atoms with Crippen LogP contribution in [0.2, 0.25) is 0 Å². The highest BCUT2D eigenvalue weighted by molar-refractivity contribution is 5.95.